The molecule has 0 amide bonds. The molecule has 1 heterocycles. The van der Waals surface area contributed by atoms with Gasteiger partial charge in [0.25, 0.3) is 0 Å². The molecule has 0 spiro atoms. The highest BCUT2D eigenvalue weighted by Gasteiger charge is 2.21. The molecule has 0 bridgehead atoms. The highest BCUT2D eigenvalue weighted by Crippen LogP contribution is 2.22. The Morgan fingerprint density at radius 3 is 3.09 bits per heavy atom. The summed E-state index contributed by atoms with van der Waals surface area (Å²) < 4.78 is 6.95. The van der Waals surface area contributed by atoms with Crippen LogP contribution in [0.1, 0.15) is 13.3 Å². The Labute approximate surface area is 69.9 Å². The van der Waals surface area contributed by atoms with Crippen molar-refractivity contribution in [2.45, 2.75) is 19.4 Å². The van der Waals surface area contributed by atoms with Crippen LogP contribution in [-0.4, -0.2) is 34.6 Å². The van der Waals surface area contributed by atoms with Crippen LogP contribution in [0, 0.1) is 0 Å². The van der Waals surface area contributed by atoms with E-state index in [1.54, 1.807) is 0 Å². The van der Waals surface area contributed by atoms with Crippen molar-refractivity contribution in [3.63, 3.8) is 0 Å². The summed E-state index contributed by atoms with van der Waals surface area (Å²) in [5.41, 5.74) is 0. The van der Waals surface area contributed by atoms with Gasteiger partial charge in [0.05, 0.1) is 25.3 Å². The second-order valence-electron chi connectivity index (χ2n) is 2.48. The highest BCUT2D eigenvalue weighted by molar-refractivity contribution is 7.92. The second kappa shape index (κ2) is 3.94. The first-order chi connectivity index (χ1) is 5.20. The van der Waals surface area contributed by atoms with Crippen LogP contribution in [0.15, 0.2) is 0 Å². The Bertz CT molecular complexity index is 147. The molecular formula is C6H11NO3S. The number of carboxylic acids is 1. The fraction of sp³-hybridized carbons (Fsp3) is 0.833. The Morgan fingerprint density at radius 2 is 2.64 bits per heavy atom. The van der Waals surface area contributed by atoms with Gasteiger partial charge >= 0.3 is 5.97 Å². The van der Waals surface area contributed by atoms with E-state index in [9.17, 15) is 4.79 Å². The van der Waals surface area contributed by atoms with Gasteiger partial charge < -0.3 is 5.11 Å². The van der Waals surface area contributed by atoms with Crippen molar-refractivity contribution in [1.82, 2.24) is 4.31 Å². The van der Waals surface area contributed by atoms with E-state index in [4.69, 9.17) is 9.29 Å². The van der Waals surface area contributed by atoms with Crippen LogP contribution in [0.3, 0.4) is 0 Å². The molecule has 11 heavy (non-hydrogen) atoms. The minimum absolute atomic E-state index is 0.0556. The molecule has 1 aliphatic rings. The van der Waals surface area contributed by atoms with Crippen LogP contribution in [0.25, 0.3) is 0 Å². The molecule has 0 aromatic rings. The van der Waals surface area contributed by atoms with E-state index in [1.165, 1.54) is 12.2 Å². The molecule has 1 saturated heterocycles. The Balaban J connectivity index is 2.28. The first-order valence-corrected chi connectivity index (χ1v) is 4.18. The Hall–Kier alpha value is -0.260. The van der Waals surface area contributed by atoms with Crippen LogP contribution in [-0.2, 0) is 8.98 Å². The van der Waals surface area contributed by atoms with Gasteiger partial charge in [-0.15, -0.1) is 0 Å². The lowest BCUT2D eigenvalue weighted by Crippen LogP contribution is -2.27. The fourth-order valence-electron chi connectivity index (χ4n) is 0.918. The molecule has 0 aromatic carbocycles. The van der Waals surface area contributed by atoms with Crippen LogP contribution >= 0.6 is 12.2 Å². The average Bonchev–Trinajstić information content (AvgIpc) is 2.35. The maximum Gasteiger partial charge on any atom is 0.304 e. The topological polar surface area (TPSA) is 49.8 Å². The molecule has 1 aliphatic heterocycles. The highest BCUT2D eigenvalue weighted by atomic mass is 32.2. The minimum atomic E-state index is -0.759. The zero-order valence-corrected chi connectivity index (χ0v) is 7.13. The summed E-state index contributed by atoms with van der Waals surface area (Å²) in [7, 11) is 0. The molecule has 1 atom stereocenters. The first kappa shape index (κ1) is 8.83. The number of rotatable bonds is 3. The SMILES string of the molecule is CC(CC(=O)O)N1CCOS1. The van der Waals surface area contributed by atoms with Gasteiger partial charge in [0, 0.05) is 12.6 Å². The van der Waals surface area contributed by atoms with Gasteiger partial charge in [-0.05, 0) is 6.92 Å². The molecule has 64 valence electrons. The van der Waals surface area contributed by atoms with Crippen molar-refractivity contribution >= 4 is 18.2 Å². The lowest BCUT2D eigenvalue weighted by atomic mass is 10.2. The van der Waals surface area contributed by atoms with Gasteiger partial charge in [-0.3, -0.25) is 8.98 Å². The van der Waals surface area contributed by atoms with Crippen LogP contribution in [0.2, 0.25) is 0 Å². The lowest BCUT2D eigenvalue weighted by molar-refractivity contribution is -0.137. The fourth-order valence-corrected chi connectivity index (χ4v) is 1.57. The van der Waals surface area contributed by atoms with Gasteiger partial charge in [-0.2, -0.15) is 0 Å². The molecule has 4 nitrogen and oxygen atoms in total. The van der Waals surface area contributed by atoms with Crippen LogP contribution in [0.5, 0.6) is 0 Å². The van der Waals surface area contributed by atoms with Gasteiger partial charge in [0.1, 0.15) is 0 Å². The molecular weight excluding hydrogens is 166 g/mol. The third kappa shape index (κ3) is 2.69. The number of carbonyl (C=O) groups is 1. The van der Waals surface area contributed by atoms with Crippen molar-refractivity contribution in [3.8, 4) is 0 Å². The molecule has 1 unspecified atom stereocenters. The molecule has 0 aliphatic carbocycles. The molecule has 5 heteroatoms. The van der Waals surface area contributed by atoms with Crippen molar-refractivity contribution in [2.24, 2.45) is 0 Å². The quantitative estimate of drug-likeness (QED) is 0.509. The van der Waals surface area contributed by atoms with E-state index in [1.807, 2.05) is 11.2 Å². The van der Waals surface area contributed by atoms with E-state index in [0.29, 0.717) is 6.61 Å². The van der Waals surface area contributed by atoms with Crippen molar-refractivity contribution < 1.29 is 14.1 Å². The van der Waals surface area contributed by atoms with Crippen molar-refractivity contribution in [3.05, 3.63) is 0 Å². The maximum atomic E-state index is 10.3. The minimum Gasteiger partial charge on any atom is -0.481 e. The van der Waals surface area contributed by atoms with Crippen LogP contribution in [0.4, 0.5) is 0 Å². The van der Waals surface area contributed by atoms with Gasteiger partial charge in [-0.25, -0.2) is 4.31 Å². The summed E-state index contributed by atoms with van der Waals surface area (Å²) in [5, 5.41) is 8.47. The van der Waals surface area contributed by atoms with E-state index < -0.39 is 5.97 Å². The predicted octanol–water partition coefficient (Wildman–Crippen LogP) is 0.745. The van der Waals surface area contributed by atoms with Gasteiger partial charge in [0.2, 0.25) is 0 Å². The molecule has 0 aromatic heterocycles. The normalized spacial score (nSPS) is 21.9. The first-order valence-electron chi connectivity index (χ1n) is 3.48. The van der Waals surface area contributed by atoms with E-state index in [0.717, 1.165) is 6.54 Å². The summed E-state index contributed by atoms with van der Waals surface area (Å²) in [6.07, 6.45) is 0.177. The van der Waals surface area contributed by atoms with Crippen LogP contribution < -0.4 is 0 Å². The largest absolute Gasteiger partial charge is 0.481 e. The number of hydrogen-bond acceptors (Lipinski definition) is 4. The standard InChI is InChI=1S/C6H11NO3S/c1-5(4-6(8)9)7-2-3-10-11-7/h5H,2-4H2,1H3,(H,8,9). The monoisotopic (exact) mass is 177 g/mol. The number of aliphatic carboxylic acids is 1. The third-order valence-electron chi connectivity index (χ3n) is 1.51. The molecule has 0 saturated carbocycles. The molecule has 0 radical (unpaired) electrons. The summed E-state index contributed by atoms with van der Waals surface area (Å²) in [6, 6.07) is 0.0556. The number of hydrogen-bond donors (Lipinski definition) is 1. The van der Waals surface area contributed by atoms with E-state index in [2.05, 4.69) is 0 Å². The zero-order chi connectivity index (χ0) is 8.27. The van der Waals surface area contributed by atoms with Gasteiger partial charge in [-0.1, -0.05) is 0 Å². The summed E-state index contributed by atoms with van der Waals surface area (Å²) in [6.45, 7) is 3.39. The average molecular weight is 177 g/mol. The maximum absolute atomic E-state index is 10.3. The Morgan fingerprint density at radius 1 is 1.91 bits per heavy atom. The molecule has 1 fully saturated rings. The summed E-state index contributed by atoms with van der Waals surface area (Å²) >= 11 is 1.26. The summed E-state index contributed by atoms with van der Waals surface area (Å²) in [4.78, 5) is 10.3. The van der Waals surface area contributed by atoms with E-state index in [-0.39, 0.29) is 12.5 Å². The van der Waals surface area contributed by atoms with Crippen molar-refractivity contribution in [2.75, 3.05) is 13.2 Å². The summed E-state index contributed by atoms with van der Waals surface area (Å²) in [5.74, 6) is -0.759. The predicted molar refractivity (Wildman–Crippen MR) is 42.0 cm³/mol. The third-order valence-corrected chi connectivity index (χ3v) is 2.51. The molecule has 1 N–H and O–H groups in total. The number of carboxylic acid groups (broad SMARTS) is 1. The zero-order valence-electron chi connectivity index (χ0n) is 6.32. The van der Waals surface area contributed by atoms with Gasteiger partial charge in [0.15, 0.2) is 0 Å². The number of nitrogens with zero attached hydrogens (tertiary/aromatic N) is 1. The second-order valence-corrected chi connectivity index (χ2v) is 3.34. The smallest absolute Gasteiger partial charge is 0.304 e. The molecule has 1 rings (SSSR count). The van der Waals surface area contributed by atoms with E-state index >= 15 is 0 Å². The van der Waals surface area contributed by atoms with Crippen molar-refractivity contribution in [1.29, 1.82) is 0 Å². The Kier molecular flexibility index (Phi) is 3.16. The lowest BCUT2D eigenvalue weighted by Gasteiger charge is -2.17.